The fourth-order valence-electron chi connectivity index (χ4n) is 6.02. The number of hydrogen-bond acceptors (Lipinski definition) is 4. The molecule has 0 saturated heterocycles. The molecule has 0 radical (unpaired) electrons. The zero-order valence-electron chi connectivity index (χ0n) is 17.0. The average Bonchev–Trinajstić information content (AvgIpc) is 2.57. The van der Waals surface area contributed by atoms with E-state index >= 15 is 0 Å². The van der Waals surface area contributed by atoms with Crippen molar-refractivity contribution in [3.8, 4) is 5.75 Å². The van der Waals surface area contributed by atoms with Crippen LogP contribution in [0, 0.1) is 34.4 Å². The van der Waals surface area contributed by atoms with E-state index < -0.39 is 18.1 Å². The van der Waals surface area contributed by atoms with Crippen molar-refractivity contribution in [3.05, 3.63) is 29.6 Å². The minimum Gasteiger partial charge on any atom is -0.545 e. The SMILES string of the molecule is CC(C)(C)C(OCC12CC3CC(CC(C3)C1)C2)Oc1cc(C(=O)[O-])ccc1F. The first-order valence-corrected chi connectivity index (χ1v) is 10.4. The Bertz CT molecular complexity index is 716. The maximum absolute atomic E-state index is 14.2. The van der Waals surface area contributed by atoms with Crippen LogP contribution < -0.4 is 9.84 Å². The summed E-state index contributed by atoms with van der Waals surface area (Å²) < 4.78 is 26.4. The number of benzene rings is 1. The van der Waals surface area contributed by atoms with E-state index in [4.69, 9.17) is 9.47 Å². The Morgan fingerprint density at radius 2 is 1.75 bits per heavy atom. The Kier molecular flexibility index (Phi) is 4.93. The Hall–Kier alpha value is -1.62. The van der Waals surface area contributed by atoms with Crippen molar-refractivity contribution in [1.82, 2.24) is 0 Å². The molecule has 28 heavy (non-hydrogen) atoms. The summed E-state index contributed by atoms with van der Waals surface area (Å²) in [6.45, 7) is 6.58. The first-order valence-electron chi connectivity index (χ1n) is 10.4. The third-order valence-electron chi connectivity index (χ3n) is 6.81. The van der Waals surface area contributed by atoms with Gasteiger partial charge in [-0.3, -0.25) is 0 Å². The van der Waals surface area contributed by atoms with Crippen molar-refractivity contribution in [2.45, 2.75) is 65.6 Å². The number of carboxylic acid groups (broad SMARTS) is 1. The number of carbonyl (C=O) groups excluding carboxylic acids is 1. The fraction of sp³-hybridized carbons (Fsp3) is 0.696. The van der Waals surface area contributed by atoms with Crippen molar-refractivity contribution in [3.63, 3.8) is 0 Å². The molecule has 1 atom stereocenters. The van der Waals surface area contributed by atoms with Crippen molar-refractivity contribution in [2.75, 3.05) is 6.61 Å². The molecule has 0 heterocycles. The van der Waals surface area contributed by atoms with Crippen molar-refractivity contribution < 1.29 is 23.8 Å². The molecule has 154 valence electrons. The van der Waals surface area contributed by atoms with E-state index in [1.54, 1.807) is 0 Å². The highest BCUT2D eigenvalue weighted by Gasteiger charge is 2.51. The van der Waals surface area contributed by atoms with Gasteiger partial charge < -0.3 is 19.4 Å². The van der Waals surface area contributed by atoms with Crippen LogP contribution in [0.15, 0.2) is 18.2 Å². The van der Waals surface area contributed by atoms with Crippen LogP contribution in [0.25, 0.3) is 0 Å². The molecule has 5 rings (SSSR count). The molecule has 1 unspecified atom stereocenters. The minimum atomic E-state index is -1.35. The molecular formula is C23H30FO4-. The summed E-state index contributed by atoms with van der Waals surface area (Å²) in [5.41, 5.74) is -0.260. The normalized spacial score (nSPS) is 32.4. The summed E-state index contributed by atoms with van der Waals surface area (Å²) in [4.78, 5) is 11.1. The van der Waals surface area contributed by atoms with Crippen molar-refractivity contribution >= 4 is 5.97 Å². The lowest BCUT2D eigenvalue weighted by atomic mass is 9.50. The van der Waals surface area contributed by atoms with Gasteiger partial charge in [0.25, 0.3) is 0 Å². The van der Waals surface area contributed by atoms with Gasteiger partial charge >= 0.3 is 0 Å². The predicted molar refractivity (Wildman–Crippen MR) is 101 cm³/mol. The van der Waals surface area contributed by atoms with E-state index in [9.17, 15) is 14.3 Å². The van der Waals surface area contributed by atoms with E-state index in [-0.39, 0.29) is 22.1 Å². The van der Waals surface area contributed by atoms with Crippen LogP contribution in [-0.2, 0) is 4.74 Å². The summed E-state index contributed by atoms with van der Waals surface area (Å²) in [5, 5.41) is 11.1. The molecule has 0 amide bonds. The highest BCUT2D eigenvalue weighted by Crippen LogP contribution is 2.60. The lowest BCUT2D eigenvalue weighted by Gasteiger charge is -2.57. The molecule has 4 aliphatic rings. The number of aromatic carboxylic acids is 1. The van der Waals surface area contributed by atoms with Crippen LogP contribution in [-0.4, -0.2) is 18.9 Å². The van der Waals surface area contributed by atoms with E-state index in [1.807, 2.05) is 20.8 Å². The van der Waals surface area contributed by atoms with Gasteiger partial charge in [-0.1, -0.05) is 20.8 Å². The number of carbonyl (C=O) groups is 1. The monoisotopic (exact) mass is 389 g/mol. The summed E-state index contributed by atoms with van der Waals surface area (Å²) in [6.07, 6.45) is 7.14. The van der Waals surface area contributed by atoms with E-state index in [0.717, 1.165) is 23.8 Å². The van der Waals surface area contributed by atoms with Crippen LogP contribution in [0.4, 0.5) is 4.39 Å². The van der Waals surface area contributed by atoms with Gasteiger partial charge in [0.1, 0.15) is 0 Å². The Labute approximate surface area is 166 Å². The molecule has 0 spiro atoms. The summed E-state index contributed by atoms with van der Waals surface area (Å²) in [7, 11) is 0. The topological polar surface area (TPSA) is 58.6 Å². The molecule has 0 N–H and O–H groups in total. The predicted octanol–water partition coefficient (Wildman–Crippen LogP) is 4.17. The molecule has 4 bridgehead atoms. The van der Waals surface area contributed by atoms with Crippen LogP contribution in [0.1, 0.15) is 69.7 Å². The highest BCUT2D eigenvalue weighted by molar-refractivity contribution is 5.86. The second kappa shape index (κ2) is 7.01. The van der Waals surface area contributed by atoms with Gasteiger partial charge in [-0.2, -0.15) is 0 Å². The third kappa shape index (κ3) is 3.91. The van der Waals surface area contributed by atoms with Crippen LogP contribution in [0.2, 0.25) is 0 Å². The zero-order chi connectivity index (χ0) is 20.1. The molecular weight excluding hydrogens is 359 g/mol. The number of hydrogen-bond donors (Lipinski definition) is 0. The van der Waals surface area contributed by atoms with Gasteiger partial charge in [0.2, 0.25) is 6.29 Å². The standard InChI is InChI=1S/C23H31FO4/c1-22(2,3)21(28-19-9-17(20(25)26)4-5-18(19)24)27-13-23-10-14-6-15(11-23)8-16(7-14)12-23/h4-5,9,14-16,21H,6-8,10-13H2,1-3H3,(H,25,26)/p-1. The quantitative estimate of drug-likeness (QED) is 0.685. The number of ether oxygens (including phenoxy) is 2. The second-order valence-corrected chi connectivity index (χ2v) is 10.5. The number of carboxylic acids is 1. The fourth-order valence-corrected chi connectivity index (χ4v) is 6.02. The molecule has 4 nitrogen and oxygen atoms in total. The van der Waals surface area contributed by atoms with Crippen molar-refractivity contribution in [1.29, 1.82) is 0 Å². The molecule has 4 aliphatic carbocycles. The molecule has 1 aromatic rings. The van der Waals surface area contributed by atoms with Gasteiger partial charge in [0.15, 0.2) is 11.6 Å². The van der Waals surface area contributed by atoms with Crippen LogP contribution >= 0.6 is 0 Å². The Balaban J connectivity index is 1.49. The lowest BCUT2D eigenvalue weighted by molar-refractivity contribution is -0.255. The summed E-state index contributed by atoms with van der Waals surface area (Å²) in [5.74, 6) is 0.444. The largest absolute Gasteiger partial charge is 0.545 e. The maximum atomic E-state index is 14.2. The Morgan fingerprint density at radius 1 is 1.18 bits per heavy atom. The first kappa shape index (κ1) is 19.7. The Morgan fingerprint density at radius 3 is 2.25 bits per heavy atom. The smallest absolute Gasteiger partial charge is 0.204 e. The maximum Gasteiger partial charge on any atom is 0.204 e. The van der Waals surface area contributed by atoms with Gasteiger partial charge in [-0.15, -0.1) is 0 Å². The van der Waals surface area contributed by atoms with E-state index in [0.29, 0.717) is 6.61 Å². The van der Waals surface area contributed by atoms with Gasteiger partial charge in [-0.25, -0.2) is 4.39 Å². The summed E-state index contributed by atoms with van der Waals surface area (Å²) in [6, 6.07) is 3.46. The second-order valence-electron chi connectivity index (χ2n) is 10.5. The molecule has 4 saturated carbocycles. The van der Waals surface area contributed by atoms with E-state index in [1.165, 1.54) is 50.7 Å². The minimum absolute atomic E-state index is 0.105. The number of rotatable bonds is 6. The van der Waals surface area contributed by atoms with Gasteiger partial charge in [0.05, 0.1) is 12.6 Å². The third-order valence-corrected chi connectivity index (χ3v) is 6.81. The van der Waals surface area contributed by atoms with Crippen LogP contribution in [0.5, 0.6) is 5.75 Å². The average molecular weight is 389 g/mol. The zero-order valence-corrected chi connectivity index (χ0v) is 17.0. The molecule has 1 aromatic carbocycles. The molecule has 4 fully saturated rings. The van der Waals surface area contributed by atoms with Gasteiger partial charge in [0, 0.05) is 11.0 Å². The van der Waals surface area contributed by atoms with Gasteiger partial charge in [-0.05, 0) is 79.9 Å². The molecule has 0 aromatic heterocycles. The van der Waals surface area contributed by atoms with Crippen LogP contribution in [0.3, 0.4) is 0 Å². The summed E-state index contributed by atoms with van der Waals surface area (Å²) >= 11 is 0. The lowest BCUT2D eigenvalue weighted by Crippen LogP contribution is -2.49. The molecule has 5 heteroatoms. The van der Waals surface area contributed by atoms with E-state index in [2.05, 4.69) is 0 Å². The highest BCUT2D eigenvalue weighted by atomic mass is 19.1. The first-order chi connectivity index (χ1) is 13.1. The molecule has 0 aliphatic heterocycles. The van der Waals surface area contributed by atoms with Crippen molar-refractivity contribution in [2.24, 2.45) is 28.6 Å². The number of halogens is 1.